The van der Waals surface area contributed by atoms with Gasteiger partial charge in [0.2, 0.25) is 0 Å². The second-order valence-electron chi connectivity index (χ2n) is 10.6. The minimum absolute atomic E-state index is 0.164. The van der Waals surface area contributed by atoms with E-state index in [4.69, 9.17) is 14.2 Å². The minimum Gasteiger partial charge on any atom is -0.497 e. The van der Waals surface area contributed by atoms with Crippen molar-refractivity contribution in [3.63, 3.8) is 0 Å². The van der Waals surface area contributed by atoms with Crippen LogP contribution in [0.15, 0.2) is 60.7 Å². The first kappa shape index (κ1) is 25.7. The standard InChI is InChI=1S/C31H35FO4/c1-31(2,3)28-14-6-20(16-26(28)27-17-24(34-4)13-15-29(27)32)19-36-23-11-9-22(10-12-23)25(21-7-8-21)18-30(33)35-5/h6,9-17,21,25H,7-8,18-19H2,1-5H3/t25-/m0/s1. The fourth-order valence-electron chi connectivity index (χ4n) is 4.69. The van der Waals surface area contributed by atoms with Crippen LogP contribution in [0.2, 0.25) is 0 Å². The third kappa shape index (κ3) is 6.07. The van der Waals surface area contributed by atoms with E-state index in [0.29, 0.717) is 30.3 Å². The van der Waals surface area contributed by atoms with Crippen molar-refractivity contribution in [1.82, 2.24) is 0 Å². The van der Waals surface area contributed by atoms with Gasteiger partial charge >= 0.3 is 5.97 Å². The molecule has 1 aliphatic carbocycles. The number of carbonyl (C=O) groups excluding carboxylic acids is 1. The van der Waals surface area contributed by atoms with Gasteiger partial charge in [0.25, 0.3) is 0 Å². The van der Waals surface area contributed by atoms with Crippen LogP contribution in [-0.4, -0.2) is 20.2 Å². The Morgan fingerprint density at radius 3 is 2.25 bits per heavy atom. The summed E-state index contributed by atoms with van der Waals surface area (Å²) < 4.78 is 31.2. The largest absolute Gasteiger partial charge is 0.497 e. The Morgan fingerprint density at radius 2 is 1.64 bits per heavy atom. The SMILES string of the molecule is COC(=O)C[C@H](c1ccc(OCc2ccc(C(C)(C)C)c(-c3cc(OC)ccc3F)c2)cc1)C1CC1. The topological polar surface area (TPSA) is 44.8 Å². The number of benzene rings is 3. The molecule has 0 N–H and O–H groups in total. The van der Waals surface area contributed by atoms with Gasteiger partial charge in [-0.05, 0) is 88.7 Å². The zero-order valence-corrected chi connectivity index (χ0v) is 21.8. The monoisotopic (exact) mass is 490 g/mol. The smallest absolute Gasteiger partial charge is 0.306 e. The van der Waals surface area contributed by atoms with Crippen molar-refractivity contribution in [1.29, 1.82) is 0 Å². The van der Waals surface area contributed by atoms with Gasteiger partial charge in [-0.15, -0.1) is 0 Å². The number of esters is 1. The molecule has 36 heavy (non-hydrogen) atoms. The van der Waals surface area contributed by atoms with Crippen LogP contribution in [0.5, 0.6) is 11.5 Å². The second kappa shape index (κ2) is 10.7. The van der Waals surface area contributed by atoms with Crippen LogP contribution in [0.25, 0.3) is 11.1 Å². The molecule has 0 spiro atoms. The third-order valence-corrected chi connectivity index (χ3v) is 6.87. The van der Waals surface area contributed by atoms with Crippen LogP contribution in [0.1, 0.15) is 62.6 Å². The first-order valence-corrected chi connectivity index (χ1v) is 12.5. The van der Waals surface area contributed by atoms with Gasteiger partial charge < -0.3 is 14.2 Å². The van der Waals surface area contributed by atoms with Crippen LogP contribution in [0.4, 0.5) is 4.39 Å². The van der Waals surface area contributed by atoms with Crippen LogP contribution in [0, 0.1) is 11.7 Å². The summed E-state index contributed by atoms with van der Waals surface area (Å²) >= 11 is 0. The molecular weight excluding hydrogens is 455 g/mol. The molecule has 0 aliphatic heterocycles. The van der Waals surface area contributed by atoms with Gasteiger partial charge in [-0.25, -0.2) is 4.39 Å². The van der Waals surface area contributed by atoms with Crippen molar-refractivity contribution in [3.8, 4) is 22.6 Å². The third-order valence-electron chi connectivity index (χ3n) is 6.87. The van der Waals surface area contributed by atoms with E-state index in [0.717, 1.165) is 40.8 Å². The zero-order chi connectivity index (χ0) is 25.9. The Balaban J connectivity index is 1.54. The first-order valence-electron chi connectivity index (χ1n) is 12.5. The summed E-state index contributed by atoms with van der Waals surface area (Å²) in [4.78, 5) is 11.8. The lowest BCUT2D eigenvalue weighted by Gasteiger charge is -2.24. The summed E-state index contributed by atoms with van der Waals surface area (Å²) in [6.45, 7) is 6.72. The molecule has 3 aromatic rings. The summed E-state index contributed by atoms with van der Waals surface area (Å²) in [5, 5.41) is 0. The number of ether oxygens (including phenoxy) is 3. The molecule has 0 unspecified atom stereocenters. The van der Waals surface area contributed by atoms with Crippen molar-refractivity contribution < 1.29 is 23.4 Å². The highest BCUT2D eigenvalue weighted by Crippen LogP contribution is 2.45. The van der Waals surface area contributed by atoms with Gasteiger partial charge in [-0.3, -0.25) is 4.79 Å². The average molecular weight is 491 g/mol. The number of rotatable bonds is 9. The molecule has 4 rings (SSSR count). The molecule has 1 fully saturated rings. The Kier molecular flexibility index (Phi) is 7.67. The van der Waals surface area contributed by atoms with E-state index in [1.165, 1.54) is 13.2 Å². The maximum atomic E-state index is 14.9. The van der Waals surface area contributed by atoms with Crippen molar-refractivity contribution in [2.75, 3.05) is 14.2 Å². The van der Waals surface area contributed by atoms with E-state index in [-0.39, 0.29) is 23.1 Å². The number of halogens is 1. The van der Waals surface area contributed by atoms with Crippen LogP contribution >= 0.6 is 0 Å². The molecule has 0 amide bonds. The van der Waals surface area contributed by atoms with Gasteiger partial charge in [-0.1, -0.05) is 45.0 Å². The molecular formula is C31H35FO4. The highest BCUT2D eigenvalue weighted by Gasteiger charge is 2.34. The molecule has 1 saturated carbocycles. The number of hydrogen-bond acceptors (Lipinski definition) is 4. The Morgan fingerprint density at radius 1 is 0.944 bits per heavy atom. The predicted octanol–water partition coefficient (Wildman–Crippen LogP) is 7.43. The predicted molar refractivity (Wildman–Crippen MR) is 140 cm³/mol. The Labute approximate surface area is 213 Å². The molecule has 0 saturated heterocycles. The molecule has 0 radical (unpaired) electrons. The van der Waals surface area contributed by atoms with Crippen LogP contribution in [-0.2, 0) is 21.6 Å². The summed E-state index contributed by atoms with van der Waals surface area (Å²) in [6.07, 6.45) is 2.71. The Bertz CT molecular complexity index is 1210. The van der Waals surface area contributed by atoms with Gasteiger partial charge in [-0.2, -0.15) is 0 Å². The minimum atomic E-state index is -0.285. The van der Waals surface area contributed by atoms with Crippen LogP contribution < -0.4 is 9.47 Å². The van der Waals surface area contributed by atoms with Crippen molar-refractivity contribution >= 4 is 5.97 Å². The lowest BCUT2D eigenvalue weighted by molar-refractivity contribution is -0.141. The van der Waals surface area contributed by atoms with Crippen molar-refractivity contribution in [3.05, 3.63) is 83.2 Å². The van der Waals surface area contributed by atoms with Gasteiger partial charge in [0, 0.05) is 5.56 Å². The molecule has 190 valence electrons. The number of methoxy groups -OCH3 is 2. The van der Waals surface area contributed by atoms with E-state index in [1.54, 1.807) is 19.2 Å². The lowest BCUT2D eigenvalue weighted by atomic mass is 9.81. The maximum absolute atomic E-state index is 14.9. The van der Waals surface area contributed by atoms with Gasteiger partial charge in [0.05, 0.1) is 20.6 Å². The normalized spacial score (nSPS) is 14.3. The van der Waals surface area contributed by atoms with Crippen LogP contribution in [0.3, 0.4) is 0 Å². The molecule has 0 bridgehead atoms. The highest BCUT2D eigenvalue weighted by atomic mass is 19.1. The molecule has 5 heteroatoms. The van der Waals surface area contributed by atoms with Gasteiger partial charge in [0.15, 0.2) is 0 Å². The lowest BCUT2D eigenvalue weighted by Crippen LogP contribution is -2.13. The maximum Gasteiger partial charge on any atom is 0.306 e. The fourth-order valence-corrected chi connectivity index (χ4v) is 4.69. The first-order chi connectivity index (χ1) is 17.2. The highest BCUT2D eigenvalue weighted by molar-refractivity contribution is 5.72. The fraction of sp³-hybridized carbons (Fsp3) is 0.387. The molecule has 1 aliphatic rings. The van der Waals surface area contributed by atoms with Crippen molar-refractivity contribution in [2.24, 2.45) is 5.92 Å². The summed E-state index contributed by atoms with van der Waals surface area (Å²) in [5.74, 6) is 1.65. The summed E-state index contributed by atoms with van der Waals surface area (Å²) in [6, 6.07) is 18.9. The quantitative estimate of drug-likeness (QED) is 0.293. The molecule has 4 nitrogen and oxygen atoms in total. The van der Waals surface area contributed by atoms with Crippen molar-refractivity contribution in [2.45, 2.75) is 58.0 Å². The summed E-state index contributed by atoms with van der Waals surface area (Å²) in [5.41, 5.74) is 4.33. The van der Waals surface area contributed by atoms with E-state index < -0.39 is 0 Å². The number of carbonyl (C=O) groups is 1. The van der Waals surface area contributed by atoms with E-state index in [2.05, 4.69) is 26.8 Å². The zero-order valence-electron chi connectivity index (χ0n) is 21.8. The summed E-state index contributed by atoms with van der Waals surface area (Å²) in [7, 11) is 3.02. The number of hydrogen-bond donors (Lipinski definition) is 0. The molecule has 0 heterocycles. The molecule has 0 aromatic heterocycles. The molecule has 3 aromatic carbocycles. The van der Waals surface area contributed by atoms with E-state index in [1.807, 2.05) is 36.4 Å². The average Bonchev–Trinajstić information content (AvgIpc) is 3.71. The Hall–Kier alpha value is -3.34. The second-order valence-corrected chi connectivity index (χ2v) is 10.6. The molecule has 1 atom stereocenters. The van der Waals surface area contributed by atoms with E-state index in [9.17, 15) is 9.18 Å². The van der Waals surface area contributed by atoms with Gasteiger partial charge in [0.1, 0.15) is 23.9 Å². The van der Waals surface area contributed by atoms with E-state index >= 15 is 0 Å².